The second kappa shape index (κ2) is 7.27. The highest BCUT2D eigenvalue weighted by molar-refractivity contribution is 7.78. The van der Waals surface area contributed by atoms with E-state index in [0.29, 0.717) is 16.1 Å². The first-order chi connectivity index (χ1) is 10.8. The quantitative estimate of drug-likeness (QED) is 0.780. The van der Waals surface area contributed by atoms with Gasteiger partial charge in [0.2, 0.25) is 0 Å². The molecule has 0 saturated heterocycles. The van der Waals surface area contributed by atoms with Crippen LogP contribution in [0.2, 0.25) is 10.0 Å². The highest BCUT2D eigenvalue weighted by Gasteiger charge is 2.09. The molecule has 1 atom stereocenters. The Morgan fingerprint density at radius 2 is 2.04 bits per heavy atom. The van der Waals surface area contributed by atoms with Crippen LogP contribution >= 0.6 is 23.2 Å². The first kappa shape index (κ1) is 17.7. The lowest BCUT2D eigenvalue weighted by molar-refractivity contribution is 0.0997. The van der Waals surface area contributed by atoms with Crippen LogP contribution in [-0.2, 0) is 23.4 Å². The van der Waals surface area contributed by atoms with Crippen molar-refractivity contribution < 1.29 is 13.6 Å². The van der Waals surface area contributed by atoms with Crippen LogP contribution in [0.3, 0.4) is 0 Å². The number of nitrogens with zero attached hydrogens (tertiary/aromatic N) is 1. The Hall–Kier alpha value is -1.67. The maximum atomic E-state index is 11.3. The Balaban J connectivity index is 2.42. The fourth-order valence-corrected chi connectivity index (χ4v) is 3.07. The van der Waals surface area contributed by atoms with Gasteiger partial charge in [-0.1, -0.05) is 46.4 Å². The minimum Gasteiger partial charge on any atom is -0.772 e. The topological polar surface area (TPSA) is 112 Å². The van der Waals surface area contributed by atoms with Crippen LogP contribution in [0.4, 0.5) is 0 Å². The Bertz CT molecular complexity index is 852. The largest absolute Gasteiger partial charge is 0.772 e. The van der Waals surface area contributed by atoms with Gasteiger partial charge in [-0.05, 0) is 23.3 Å². The molecule has 0 aliphatic carbocycles. The van der Waals surface area contributed by atoms with Gasteiger partial charge in [-0.2, -0.15) is 0 Å². The zero-order chi connectivity index (χ0) is 17.1. The van der Waals surface area contributed by atoms with Crippen LogP contribution in [0.1, 0.15) is 21.5 Å². The molecule has 1 heterocycles. The average Bonchev–Trinajstić information content (AvgIpc) is 2.45. The van der Waals surface area contributed by atoms with Crippen LogP contribution in [0.5, 0.6) is 0 Å². The molecule has 3 N–H and O–H groups in total. The highest BCUT2D eigenvalue weighted by Crippen LogP contribution is 2.20. The summed E-state index contributed by atoms with van der Waals surface area (Å²) in [5.41, 5.74) is 6.33. The summed E-state index contributed by atoms with van der Waals surface area (Å²) in [6, 6.07) is 6.26. The molecule has 0 fully saturated rings. The standard InChI is InChI=1S/C14H13Cl2N3O3S/c15-10-4-11(14(18)20)13(17)19(6-10)5-8-1-2-12(16)9(3-8)7-23(21)22/h1-4,6,17H,5,7H2,(H2,18,20)(H,21,22)/p-1. The number of nitrogens with two attached hydrogens (primary N) is 1. The maximum Gasteiger partial charge on any atom is 0.252 e. The van der Waals surface area contributed by atoms with Crippen LogP contribution in [-0.4, -0.2) is 19.2 Å². The van der Waals surface area contributed by atoms with Crippen molar-refractivity contribution in [3.8, 4) is 0 Å². The lowest BCUT2D eigenvalue weighted by Gasteiger charge is -2.13. The van der Waals surface area contributed by atoms with Gasteiger partial charge in [0.05, 0.1) is 10.6 Å². The Labute approximate surface area is 144 Å². The Morgan fingerprint density at radius 1 is 1.35 bits per heavy atom. The van der Waals surface area contributed by atoms with Crippen molar-refractivity contribution in [3.63, 3.8) is 0 Å². The van der Waals surface area contributed by atoms with E-state index in [1.54, 1.807) is 18.2 Å². The Morgan fingerprint density at radius 3 is 2.65 bits per heavy atom. The van der Waals surface area contributed by atoms with Crippen molar-refractivity contribution in [1.82, 2.24) is 4.57 Å². The van der Waals surface area contributed by atoms with Crippen molar-refractivity contribution in [2.45, 2.75) is 12.3 Å². The van der Waals surface area contributed by atoms with Crippen LogP contribution in [0, 0.1) is 5.41 Å². The fourth-order valence-electron chi connectivity index (χ4n) is 2.08. The van der Waals surface area contributed by atoms with Gasteiger partial charge in [0, 0.05) is 23.5 Å². The molecule has 9 heteroatoms. The average molecular weight is 373 g/mol. The molecule has 122 valence electrons. The fraction of sp³-hybridized carbons (Fsp3) is 0.143. The zero-order valence-corrected chi connectivity index (χ0v) is 14.0. The number of benzene rings is 1. The summed E-state index contributed by atoms with van der Waals surface area (Å²) in [7, 11) is 0. The minimum absolute atomic E-state index is 0.00680. The monoisotopic (exact) mass is 372 g/mol. The van der Waals surface area contributed by atoms with Crippen molar-refractivity contribution in [2.24, 2.45) is 5.73 Å². The third-order valence-electron chi connectivity index (χ3n) is 3.11. The van der Waals surface area contributed by atoms with E-state index < -0.39 is 17.0 Å². The molecule has 0 spiro atoms. The molecule has 1 amide bonds. The van der Waals surface area contributed by atoms with Gasteiger partial charge >= 0.3 is 0 Å². The van der Waals surface area contributed by atoms with E-state index in [1.165, 1.54) is 16.8 Å². The third kappa shape index (κ3) is 4.42. The molecule has 1 aromatic heterocycles. The Kier molecular flexibility index (Phi) is 5.59. The second-order valence-electron chi connectivity index (χ2n) is 4.79. The van der Waals surface area contributed by atoms with Crippen molar-refractivity contribution in [2.75, 3.05) is 0 Å². The number of carbonyl (C=O) groups is 1. The number of nitrogens with one attached hydrogen (secondary N) is 1. The van der Waals surface area contributed by atoms with Crippen LogP contribution in [0.15, 0.2) is 30.5 Å². The normalized spacial score (nSPS) is 12.1. The minimum atomic E-state index is -2.26. The number of pyridine rings is 1. The predicted octanol–water partition coefficient (Wildman–Crippen LogP) is 1.80. The van der Waals surface area contributed by atoms with Crippen molar-refractivity contribution in [1.29, 1.82) is 5.41 Å². The second-order valence-corrected chi connectivity index (χ2v) is 6.53. The van der Waals surface area contributed by atoms with Crippen LogP contribution in [0.25, 0.3) is 0 Å². The van der Waals surface area contributed by atoms with E-state index in [2.05, 4.69) is 0 Å². The van der Waals surface area contributed by atoms with Crippen LogP contribution < -0.4 is 11.2 Å². The molecule has 2 aromatic rings. The van der Waals surface area contributed by atoms with Gasteiger partial charge in [0.1, 0.15) is 5.49 Å². The number of halogens is 2. The van der Waals surface area contributed by atoms with Gasteiger partial charge in [-0.15, -0.1) is 0 Å². The van der Waals surface area contributed by atoms with E-state index in [4.69, 9.17) is 34.3 Å². The van der Waals surface area contributed by atoms with Gasteiger partial charge in [0.25, 0.3) is 5.91 Å². The molecule has 6 nitrogen and oxygen atoms in total. The lowest BCUT2D eigenvalue weighted by atomic mass is 10.1. The third-order valence-corrected chi connectivity index (χ3v) is 4.23. The molecule has 2 rings (SSSR count). The van der Waals surface area contributed by atoms with Gasteiger partial charge in [0.15, 0.2) is 0 Å². The first-order valence-electron chi connectivity index (χ1n) is 6.35. The number of amides is 1. The number of hydrogen-bond donors (Lipinski definition) is 2. The number of rotatable bonds is 5. The summed E-state index contributed by atoms with van der Waals surface area (Å²) in [4.78, 5) is 11.3. The lowest BCUT2D eigenvalue weighted by Crippen LogP contribution is -2.29. The molecule has 1 unspecified atom stereocenters. The predicted molar refractivity (Wildman–Crippen MR) is 87.0 cm³/mol. The van der Waals surface area contributed by atoms with Crippen molar-refractivity contribution in [3.05, 3.63) is 62.7 Å². The van der Waals surface area contributed by atoms with E-state index >= 15 is 0 Å². The molecular weight excluding hydrogens is 361 g/mol. The number of primary amides is 1. The van der Waals surface area contributed by atoms with Gasteiger partial charge < -0.3 is 14.9 Å². The van der Waals surface area contributed by atoms with Gasteiger partial charge in [-0.3, -0.25) is 14.4 Å². The van der Waals surface area contributed by atoms with E-state index in [1.807, 2.05) is 0 Å². The van der Waals surface area contributed by atoms with Crippen molar-refractivity contribution >= 4 is 40.2 Å². The first-order valence-corrected chi connectivity index (χ1v) is 8.35. The molecule has 1 aromatic carbocycles. The van der Waals surface area contributed by atoms with E-state index in [9.17, 15) is 13.6 Å². The maximum absolute atomic E-state index is 11.3. The summed E-state index contributed by atoms with van der Waals surface area (Å²) in [6.45, 7) is 0.218. The SMILES string of the molecule is N=c1c(C(N)=O)cc(Cl)cn1Cc1ccc(Cl)c(CS(=O)[O-])c1. The summed E-state index contributed by atoms with van der Waals surface area (Å²) in [5, 5.41) is 8.62. The molecular formula is C14H12Cl2N3O3S-. The molecule has 0 aliphatic heterocycles. The molecule has 23 heavy (non-hydrogen) atoms. The zero-order valence-electron chi connectivity index (χ0n) is 11.7. The van der Waals surface area contributed by atoms with E-state index in [0.717, 1.165) is 0 Å². The smallest absolute Gasteiger partial charge is 0.252 e. The van der Waals surface area contributed by atoms with E-state index in [-0.39, 0.29) is 28.4 Å². The highest BCUT2D eigenvalue weighted by atomic mass is 35.5. The number of carbonyl (C=O) groups excluding carboxylic acids is 1. The summed E-state index contributed by atoms with van der Waals surface area (Å²) in [5.74, 6) is -0.947. The number of hydrogen-bond acceptors (Lipinski definition) is 4. The number of aromatic nitrogens is 1. The molecule has 0 saturated carbocycles. The molecule has 0 radical (unpaired) electrons. The summed E-state index contributed by atoms with van der Waals surface area (Å²) >= 11 is 9.65. The molecule has 0 aliphatic rings. The molecule has 0 bridgehead atoms. The summed E-state index contributed by atoms with van der Waals surface area (Å²) in [6.07, 6.45) is 1.50. The summed E-state index contributed by atoms with van der Waals surface area (Å²) < 4.78 is 23.1. The van der Waals surface area contributed by atoms with Gasteiger partial charge in [-0.25, -0.2) is 0 Å².